The number of ether oxygens (including phenoxy) is 2. The van der Waals surface area contributed by atoms with Crippen LogP contribution in [0.4, 0.5) is 0 Å². The van der Waals surface area contributed by atoms with Gasteiger partial charge in [-0.05, 0) is 37.8 Å². The van der Waals surface area contributed by atoms with Crippen LogP contribution in [-0.2, 0) is 16.0 Å². The zero-order chi connectivity index (χ0) is 18.7. The minimum atomic E-state index is 0. The van der Waals surface area contributed by atoms with Gasteiger partial charge in [0.1, 0.15) is 0 Å². The molecule has 0 saturated carbocycles. The quantitative estimate of drug-likeness (QED) is 0.236. The lowest BCUT2D eigenvalue weighted by molar-refractivity contribution is 0.0420. The second-order valence-corrected chi connectivity index (χ2v) is 7.34. The molecule has 2 heterocycles. The van der Waals surface area contributed by atoms with Crippen LogP contribution in [0.15, 0.2) is 35.3 Å². The van der Waals surface area contributed by atoms with Crippen molar-refractivity contribution in [2.24, 2.45) is 4.99 Å². The van der Waals surface area contributed by atoms with E-state index in [1.807, 2.05) is 7.05 Å². The molecule has 2 aliphatic rings. The van der Waals surface area contributed by atoms with Crippen molar-refractivity contribution in [2.45, 2.75) is 44.4 Å². The lowest BCUT2D eigenvalue weighted by Gasteiger charge is -2.25. The first-order chi connectivity index (χ1) is 13.3. The highest BCUT2D eigenvalue weighted by Crippen LogP contribution is 2.19. The summed E-state index contributed by atoms with van der Waals surface area (Å²) in [5, 5.41) is 6.89. The Morgan fingerprint density at radius 1 is 1.25 bits per heavy atom. The highest BCUT2D eigenvalue weighted by molar-refractivity contribution is 14.0. The maximum absolute atomic E-state index is 5.80. The van der Waals surface area contributed by atoms with Crippen molar-refractivity contribution in [3.63, 3.8) is 0 Å². The Kier molecular flexibility index (Phi) is 11.1. The number of likely N-dealkylation sites (tertiary alicyclic amines) is 1. The van der Waals surface area contributed by atoms with Crippen molar-refractivity contribution in [1.29, 1.82) is 0 Å². The molecule has 2 N–H and O–H groups in total. The highest BCUT2D eigenvalue weighted by atomic mass is 127. The monoisotopic (exact) mass is 502 g/mol. The number of nitrogens with one attached hydrogen (secondary N) is 2. The van der Waals surface area contributed by atoms with Crippen molar-refractivity contribution in [3.8, 4) is 0 Å². The lowest BCUT2D eigenvalue weighted by atomic mass is 10.2. The van der Waals surface area contributed by atoms with Gasteiger partial charge in [-0.25, -0.2) is 0 Å². The molecule has 2 fully saturated rings. The van der Waals surface area contributed by atoms with Gasteiger partial charge in [0.05, 0.1) is 12.7 Å². The molecular formula is C21H35IN4O2. The number of guanidine groups is 1. The molecule has 2 aliphatic heterocycles. The van der Waals surface area contributed by atoms with Crippen LogP contribution in [0.1, 0.15) is 31.2 Å². The molecule has 3 rings (SSSR count). The summed E-state index contributed by atoms with van der Waals surface area (Å²) in [4.78, 5) is 6.92. The molecule has 6 nitrogen and oxygen atoms in total. The van der Waals surface area contributed by atoms with E-state index in [4.69, 9.17) is 9.47 Å². The number of rotatable bonds is 9. The molecule has 1 aromatic rings. The average Bonchev–Trinajstić information content (AvgIpc) is 3.37. The number of aliphatic imine (C=N–C) groups is 1. The summed E-state index contributed by atoms with van der Waals surface area (Å²) in [6, 6.07) is 11.3. The standard InChI is InChI=1S/C21H34N4O2.HI/c1-22-21(23-11-6-13-27-20-10-14-26-17-20)24-15-19-9-5-12-25(19)16-18-7-3-2-4-8-18;/h2-4,7-8,19-20H,5-6,9-17H2,1H3,(H2,22,23,24);1H. The van der Waals surface area contributed by atoms with Crippen molar-refractivity contribution in [2.75, 3.05) is 46.5 Å². The molecule has 2 atom stereocenters. The van der Waals surface area contributed by atoms with E-state index in [1.165, 1.54) is 24.9 Å². The summed E-state index contributed by atoms with van der Waals surface area (Å²) < 4.78 is 11.1. The fourth-order valence-corrected chi connectivity index (χ4v) is 3.76. The van der Waals surface area contributed by atoms with Crippen LogP contribution in [-0.4, -0.2) is 69.5 Å². The Bertz CT molecular complexity index is 567. The first-order valence-corrected chi connectivity index (χ1v) is 10.3. The van der Waals surface area contributed by atoms with Crippen LogP contribution in [0.2, 0.25) is 0 Å². The molecule has 158 valence electrons. The van der Waals surface area contributed by atoms with Gasteiger partial charge in [-0.3, -0.25) is 9.89 Å². The molecule has 0 bridgehead atoms. The van der Waals surface area contributed by atoms with Crippen molar-refractivity contribution in [3.05, 3.63) is 35.9 Å². The topological polar surface area (TPSA) is 58.1 Å². The number of hydrogen-bond donors (Lipinski definition) is 2. The van der Waals surface area contributed by atoms with Crippen LogP contribution in [0.25, 0.3) is 0 Å². The van der Waals surface area contributed by atoms with E-state index in [1.54, 1.807) is 0 Å². The second-order valence-electron chi connectivity index (χ2n) is 7.34. The molecule has 0 aliphatic carbocycles. The van der Waals surface area contributed by atoms with Gasteiger partial charge in [-0.15, -0.1) is 24.0 Å². The van der Waals surface area contributed by atoms with Gasteiger partial charge in [0.2, 0.25) is 0 Å². The molecule has 0 amide bonds. The van der Waals surface area contributed by atoms with E-state index in [0.717, 1.165) is 58.3 Å². The van der Waals surface area contributed by atoms with Gasteiger partial charge in [0.15, 0.2) is 5.96 Å². The largest absolute Gasteiger partial charge is 0.379 e. The Morgan fingerprint density at radius 3 is 2.86 bits per heavy atom. The molecule has 0 radical (unpaired) electrons. The minimum Gasteiger partial charge on any atom is -0.379 e. The van der Waals surface area contributed by atoms with E-state index in [2.05, 4.69) is 50.9 Å². The van der Waals surface area contributed by atoms with Crippen LogP contribution in [0.5, 0.6) is 0 Å². The van der Waals surface area contributed by atoms with Gasteiger partial charge in [-0.2, -0.15) is 0 Å². The van der Waals surface area contributed by atoms with Gasteiger partial charge in [0, 0.05) is 45.9 Å². The summed E-state index contributed by atoms with van der Waals surface area (Å²) >= 11 is 0. The van der Waals surface area contributed by atoms with Gasteiger partial charge in [-0.1, -0.05) is 30.3 Å². The third kappa shape index (κ3) is 7.85. The van der Waals surface area contributed by atoms with E-state index >= 15 is 0 Å². The molecule has 28 heavy (non-hydrogen) atoms. The average molecular weight is 502 g/mol. The molecular weight excluding hydrogens is 467 g/mol. The predicted octanol–water partition coefficient (Wildman–Crippen LogP) is 2.63. The zero-order valence-electron chi connectivity index (χ0n) is 16.9. The summed E-state index contributed by atoms with van der Waals surface area (Å²) in [6.07, 6.45) is 4.81. The van der Waals surface area contributed by atoms with Gasteiger partial charge >= 0.3 is 0 Å². The summed E-state index contributed by atoms with van der Waals surface area (Å²) in [6.45, 7) is 6.36. The van der Waals surface area contributed by atoms with E-state index in [9.17, 15) is 0 Å². The van der Waals surface area contributed by atoms with Crippen LogP contribution in [0.3, 0.4) is 0 Å². The normalized spacial score (nSPS) is 22.8. The van der Waals surface area contributed by atoms with E-state index in [0.29, 0.717) is 12.1 Å². The molecule has 0 spiro atoms. The predicted molar refractivity (Wildman–Crippen MR) is 124 cm³/mol. The van der Waals surface area contributed by atoms with Gasteiger partial charge in [0.25, 0.3) is 0 Å². The number of nitrogens with zero attached hydrogens (tertiary/aromatic N) is 2. The van der Waals surface area contributed by atoms with Crippen molar-refractivity contribution >= 4 is 29.9 Å². The fourth-order valence-electron chi connectivity index (χ4n) is 3.76. The Hall–Kier alpha value is -0.900. The minimum absolute atomic E-state index is 0. The molecule has 2 unspecified atom stereocenters. The summed E-state index contributed by atoms with van der Waals surface area (Å²) in [7, 11) is 1.83. The van der Waals surface area contributed by atoms with Crippen LogP contribution >= 0.6 is 24.0 Å². The maximum atomic E-state index is 5.80. The number of halogens is 1. The molecule has 1 aromatic carbocycles. The summed E-state index contributed by atoms with van der Waals surface area (Å²) in [5.41, 5.74) is 1.39. The Morgan fingerprint density at radius 2 is 2.11 bits per heavy atom. The van der Waals surface area contributed by atoms with Crippen molar-refractivity contribution < 1.29 is 9.47 Å². The second kappa shape index (κ2) is 13.3. The fraction of sp³-hybridized carbons (Fsp3) is 0.667. The van der Waals surface area contributed by atoms with Gasteiger partial charge < -0.3 is 20.1 Å². The summed E-state index contributed by atoms with van der Waals surface area (Å²) in [5.74, 6) is 0.880. The molecule has 2 saturated heterocycles. The highest BCUT2D eigenvalue weighted by Gasteiger charge is 2.24. The Balaban J connectivity index is 0.00000280. The maximum Gasteiger partial charge on any atom is 0.191 e. The van der Waals surface area contributed by atoms with Crippen LogP contribution < -0.4 is 10.6 Å². The zero-order valence-corrected chi connectivity index (χ0v) is 19.3. The SMILES string of the molecule is CN=C(NCCCOC1CCOC1)NCC1CCCN1Cc1ccccc1.I. The Labute approximate surface area is 186 Å². The molecule has 7 heteroatoms. The lowest BCUT2D eigenvalue weighted by Crippen LogP contribution is -2.45. The van der Waals surface area contributed by atoms with Crippen LogP contribution in [0, 0.1) is 0 Å². The molecule has 0 aromatic heterocycles. The van der Waals surface area contributed by atoms with E-state index in [-0.39, 0.29) is 24.0 Å². The smallest absolute Gasteiger partial charge is 0.191 e. The van der Waals surface area contributed by atoms with E-state index < -0.39 is 0 Å². The first kappa shape index (κ1) is 23.4. The first-order valence-electron chi connectivity index (χ1n) is 10.3. The number of hydrogen-bond acceptors (Lipinski definition) is 4. The third-order valence-corrected chi connectivity index (χ3v) is 5.31. The van der Waals surface area contributed by atoms with Crippen molar-refractivity contribution in [1.82, 2.24) is 15.5 Å². The number of benzene rings is 1. The third-order valence-electron chi connectivity index (χ3n) is 5.31.